The largest absolute Gasteiger partial charge is 0.354 e. The van der Waals surface area contributed by atoms with Crippen LogP contribution in [0.5, 0.6) is 0 Å². The van der Waals surface area contributed by atoms with Gasteiger partial charge in [-0.1, -0.05) is 73.8 Å². The molecular formula is C24H31ClN2O2. The summed E-state index contributed by atoms with van der Waals surface area (Å²) >= 11 is 5.96. The lowest BCUT2D eigenvalue weighted by molar-refractivity contribution is -0.140. The number of nitrogens with zero attached hydrogens (tertiary/aromatic N) is 1. The van der Waals surface area contributed by atoms with Gasteiger partial charge in [-0.05, 0) is 43.0 Å². The van der Waals surface area contributed by atoms with Gasteiger partial charge in [-0.2, -0.15) is 0 Å². The summed E-state index contributed by atoms with van der Waals surface area (Å²) in [5, 5.41) is 3.63. The maximum Gasteiger partial charge on any atom is 0.242 e. The summed E-state index contributed by atoms with van der Waals surface area (Å²) in [4.78, 5) is 27.8. The van der Waals surface area contributed by atoms with Gasteiger partial charge < -0.3 is 10.2 Å². The fourth-order valence-corrected chi connectivity index (χ4v) is 3.44. The van der Waals surface area contributed by atoms with Gasteiger partial charge in [0, 0.05) is 18.1 Å². The predicted molar refractivity (Wildman–Crippen MR) is 119 cm³/mol. The van der Waals surface area contributed by atoms with Crippen LogP contribution in [-0.2, 0) is 22.6 Å². The van der Waals surface area contributed by atoms with E-state index in [1.54, 1.807) is 17.0 Å². The standard InChI is InChI=1S/C24H31ClN2O2/c1-4-6-14-26-24(29)22(5-2)27(17-20-9-7-8-18(3)15-20)23(28)16-19-10-12-21(25)13-11-19/h7-13,15,22H,4-6,14,16-17H2,1-3H3,(H,26,29)/t22-/m1/s1. The molecular weight excluding hydrogens is 384 g/mol. The van der Waals surface area contributed by atoms with E-state index in [0.717, 1.165) is 29.5 Å². The van der Waals surface area contributed by atoms with Crippen LogP contribution < -0.4 is 5.32 Å². The highest BCUT2D eigenvalue weighted by Crippen LogP contribution is 2.17. The molecule has 0 unspecified atom stereocenters. The molecule has 0 spiro atoms. The van der Waals surface area contributed by atoms with Gasteiger partial charge in [0.05, 0.1) is 6.42 Å². The molecule has 2 aromatic rings. The Labute approximate surface area is 179 Å². The third-order valence-electron chi connectivity index (χ3n) is 4.92. The molecule has 1 N–H and O–H groups in total. The van der Waals surface area contributed by atoms with Crippen molar-refractivity contribution in [2.75, 3.05) is 6.54 Å². The molecule has 0 bridgehead atoms. The van der Waals surface area contributed by atoms with Crippen molar-refractivity contribution in [2.45, 2.75) is 59.0 Å². The number of carbonyl (C=O) groups is 2. The highest BCUT2D eigenvalue weighted by atomic mass is 35.5. The molecule has 0 fully saturated rings. The zero-order chi connectivity index (χ0) is 21.2. The molecule has 1 atom stereocenters. The zero-order valence-corrected chi connectivity index (χ0v) is 18.3. The first-order chi connectivity index (χ1) is 13.9. The van der Waals surface area contributed by atoms with Crippen molar-refractivity contribution in [1.29, 1.82) is 0 Å². The van der Waals surface area contributed by atoms with Crippen molar-refractivity contribution < 1.29 is 9.59 Å². The van der Waals surface area contributed by atoms with Crippen LogP contribution in [0.15, 0.2) is 48.5 Å². The van der Waals surface area contributed by atoms with E-state index in [9.17, 15) is 9.59 Å². The molecule has 0 heterocycles. The molecule has 156 valence electrons. The molecule has 0 saturated heterocycles. The molecule has 2 rings (SSSR count). The summed E-state index contributed by atoms with van der Waals surface area (Å²) in [7, 11) is 0. The third-order valence-corrected chi connectivity index (χ3v) is 5.17. The van der Waals surface area contributed by atoms with Crippen molar-refractivity contribution >= 4 is 23.4 Å². The second-order valence-electron chi connectivity index (χ2n) is 7.38. The number of unbranched alkanes of at least 4 members (excludes halogenated alkanes) is 1. The van der Waals surface area contributed by atoms with E-state index >= 15 is 0 Å². The van der Waals surface area contributed by atoms with Gasteiger partial charge in [-0.15, -0.1) is 0 Å². The van der Waals surface area contributed by atoms with Crippen LogP contribution in [0.3, 0.4) is 0 Å². The van der Waals surface area contributed by atoms with Gasteiger partial charge in [0.2, 0.25) is 11.8 Å². The number of aryl methyl sites for hydroxylation is 1. The van der Waals surface area contributed by atoms with E-state index in [1.807, 2.05) is 44.2 Å². The number of rotatable bonds is 10. The van der Waals surface area contributed by atoms with E-state index in [2.05, 4.69) is 18.3 Å². The minimum Gasteiger partial charge on any atom is -0.354 e. The summed E-state index contributed by atoms with van der Waals surface area (Å²) in [6, 6.07) is 14.8. The van der Waals surface area contributed by atoms with Crippen LogP contribution >= 0.6 is 11.6 Å². The molecule has 4 nitrogen and oxygen atoms in total. The number of halogens is 1. The average molecular weight is 415 g/mol. The van der Waals surface area contributed by atoms with Crippen molar-refractivity contribution in [3.05, 3.63) is 70.2 Å². The van der Waals surface area contributed by atoms with E-state index in [1.165, 1.54) is 0 Å². The summed E-state index contributed by atoms with van der Waals surface area (Å²) in [6.45, 7) is 7.10. The zero-order valence-electron chi connectivity index (χ0n) is 17.6. The monoisotopic (exact) mass is 414 g/mol. The molecule has 0 saturated carbocycles. The predicted octanol–water partition coefficient (Wildman–Crippen LogP) is 4.91. The Morgan fingerprint density at radius 3 is 2.41 bits per heavy atom. The van der Waals surface area contributed by atoms with E-state index < -0.39 is 6.04 Å². The molecule has 29 heavy (non-hydrogen) atoms. The smallest absolute Gasteiger partial charge is 0.242 e. The van der Waals surface area contributed by atoms with Crippen LogP contribution in [0, 0.1) is 6.92 Å². The average Bonchev–Trinajstić information content (AvgIpc) is 2.70. The normalized spacial score (nSPS) is 11.7. The maximum absolute atomic E-state index is 13.2. The van der Waals surface area contributed by atoms with Crippen molar-refractivity contribution in [2.24, 2.45) is 0 Å². The minimum atomic E-state index is -0.493. The fourth-order valence-electron chi connectivity index (χ4n) is 3.31. The number of nitrogens with one attached hydrogen (secondary N) is 1. The lowest BCUT2D eigenvalue weighted by Gasteiger charge is -2.31. The molecule has 0 aliphatic carbocycles. The molecule has 2 aromatic carbocycles. The number of hydrogen-bond donors (Lipinski definition) is 1. The second kappa shape index (κ2) is 11.6. The second-order valence-corrected chi connectivity index (χ2v) is 7.82. The summed E-state index contributed by atoms with van der Waals surface area (Å²) in [6.07, 6.45) is 2.75. The van der Waals surface area contributed by atoms with E-state index in [0.29, 0.717) is 24.5 Å². The number of benzene rings is 2. The van der Waals surface area contributed by atoms with Gasteiger partial charge in [0.25, 0.3) is 0 Å². The van der Waals surface area contributed by atoms with Crippen molar-refractivity contribution in [3.63, 3.8) is 0 Å². The SMILES string of the molecule is CCCCNC(=O)[C@@H](CC)N(Cc1cccc(C)c1)C(=O)Cc1ccc(Cl)cc1. The van der Waals surface area contributed by atoms with Crippen LogP contribution in [0.1, 0.15) is 49.8 Å². The summed E-state index contributed by atoms with van der Waals surface area (Å²) in [5.41, 5.74) is 3.04. The van der Waals surface area contributed by atoms with Gasteiger partial charge >= 0.3 is 0 Å². The summed E-state index contributed by atoms with van der Waals surface area (Å²) < 4.78 is 0. The molecule has 0 aliphatic rings. The van der Waals surface area contributed by atoms with Gasteiger partial charge in [0.15, 0.2) is 0 Å². The van der Waals surface area contributed by atoms with Crippen LogP contribution in [0.2, 0.25) is 5.02 Å². The molecule has 0 aliphatic heterocycles. The van der Waals surface area contributed by atoms with E-state index in [4.69, 9.17) is 11.6 Å². The van der Waals surface area contributed by atoms with Crippen molar-refractivity contribution in [1.82, 2.24) is 10.2 Å². The quantitative estimate of drug-likeness (QED) is 0.561. The first-order valence-corrected chi connectivity index (χ1v) is 10.7. The third kappa shape index (κ3) is 7.21. The van der Waals surface area contributed by atoms with Crippen molar-refractivity contribution in [3.8, 4) is 0 Å². The van der Waals surface area contributed by atoms with Gasteiger partial charge in [-0.25, -0.2) is 0 Å². The maximum atomic E-state index is 13.2. The number of hydrogen-bond acceptors (Lipinski definition) is 2. The van der Waals surface area contributed by atoms with Crippen LogP contribution in [-0.4, -0.2) is 29.3 Å². The van der Waals surface area contributed by atoms with Gasteiger partial charge in [-0.3, -0.25) is 9.59 Å². The summed E-state index contributed by atoms with van der Waals surface area (Å²) in [5.74, 6) is -0.149. The lowest BCUT2D eigenvalue weighted by atomic mass is 10.1. The van der Waals surface area contributed by atoms with Gasteiger partial charge in [0.1, 0.15) is 6.04 Å². The highest BCUT2D eigenvalue weighted by Gasteiger charge is 2.28. The Bertz CT molecular complexity index is 805. The Balaban J connectivity index is 2.23. The molecule has 0 radical (unpaired) electrons. The minimum absolute atomic E-state index is 0.0636. The lowest BCUT2D eigenvalue weighted by Crippen LogP contribution is -2.49. The first-order valence-electron chi connectivity index (χ1n) is 10.3. The number of amides is 2. The molecule has 5 heteroatoms. The number of carbonyl (C=O) groups excluding carboxylic acids is 2. The Kier molecular flexibility index (Phi) is 9.20. The Morgan fingerprint density at radius 2 is 1.79 bits per heavy atom. The van der Waals surface area contributed by atoms with E-state index in [-0.39, 0.29) is 18.2 Å². The highest BCUT2D eigenvalue weighted by molar-refractivity contribution is 6.30. The fraction of sp³-hybridized carbons (Fsp3) is 0.417. The topological polar surface area (TPSA) is 49.4 Å². The first kappa shape index (κ1) is 23.0. The van der Waals surface area contributed by atoms with Crippen LogP contribution in [0.4, 0.5) is 0 Å². The Morgan fingerprint density at radius 1 is 1.07 bits per heavy atom. The van der Waals surface area contributed by atoms with Crippen LogP contribution in [0.25, 0.3) is 0 Å². The molecule has 2 amide bonds. The molecule has 0 aromatic heterocycles. The Hall–Kier alpha value is -2.33.